The van der Waals surface area contributed by atoms with E-state index in [2.05, 4.69) is 15.3 Å². The molecule has 0 radical (unpaired) electrons. The van der Waals surface area contributed by atoms with E-state index in [9.17, 15) is 4.79 Å². The Hall–Kier alpha value is -3.15. The van der Waals surface area contributed by atoms with Crippen molar-refractivity contribution in [3.63, 3.8) is 0 Å². The number of nitrogens with one attached hydrogen (secondary N) is 1. The summed E-state index contributed by atoms with van der Waals surface area (Å²) < 4.78 is 5.13. The van der Waals surface area contributed by atoms with E-state index in [1.165, 1.54) is 4.90 Å². The van der Waals surface area contributed by atoms with E-state index in [1.807, 2.05) is 56.3 Å². The van der Waals surface area contributed by atoms with E-state index < -0.39 is 0 Å². The highest BCUT2D eigenvalue weighted by Crippen LogP contribution is 2.21. The Kier molecular flexibility index (Phi) is 4.52. The van der Waals surface area contributed by atoms with E-state index in [0.717, 1.165) is 33.9 Å². The summed E-state index contributed by atoms with van der Waals surface area (Å²) in [5.74, 6) is 0.747. The van der Waals surface area contributed by atoms with Crippen LogP contribution in [0.2, 0.25) is 0 Å². The number of fused-ring (bicyclic) bond motifs is 1. The van der Waals surface area contributed by atoms with Crippen LogP contribution in [0, 0.1) is 13.8 Å². The van der Waals surface area contributed by atoms with Gasteiger partial charge in [-0.25, -0.2) is 14.8 Å². The predicted molar refractivity (Wildman–Crippen MR) is 99.4 cm³/mol. The molecule has 0 saturated heterocycles. The number of carbonyl (C=O) groups excluding carboxylic acids is 1. The number of carbonyl (C=O) groups is 1. The number of aromatic nitrogens is 2. The molecule has 25 heavy (non-hydrogen) atoms. The monoisotopic (exact) mass is 336 g/mol. The second kappa shape index (κ2) is 6.76. The van der Waals surface area contributed by atoms with Crippen LogP contribution in [-0.2, 0) is 0 Å². The Labute approximate surface area is 146 Å². The predicted octanol–water partition coefficient (Wildman–Crippen LogP) is 3.92. The summed E-state index contributed by atoms with van der Waals surface area (Å²) in [6.07, 6.45) is 0. The van der Waals surface area contributed by atoms with E-state index >= 15 is 0 Å². The van der Waals surface area contributed by atoms with Crippen LogP contribution in [0.25, 0.3) is 11.0 Å². The molecule has 0 atom stereocenters. The number of benzene rings is 2. The van der Waals surface area contributed by atoms with Crippen molar-refractivity contribution >= 4 is 28.4 Å². The molecule has 0 aliphatic rings. The molecule has 0 unspecified atom stereocenters. The molecular weight excluding hydrogens is 316 g/mol. The van der Waals surface area contributed by atoms with Crippen molar-refractivity contribution in [3.05, 3.63) is 53.9 Å². The number of methoxy groups -OCH3 is 1. The summed E-state index contributed by atoms with van der Waals surface area (Å²) in [7, 11) is 3.32. The molecule has 6 heteroatoms. The zero-order valence-corrected chi connectivity index (χ0v) is 14.7. The average Bonchev–Trinajstić information content (AvgIpc) is 2.62. The Bertz CT molecular complexity index is 923. The van der Waals surface area contributed by atoms with Crippen molar-refractivity contribution < 1.29 is 9.53 Å². The topological polar surface area (TPSA) is 67.3 Å². The summed E-state index contributed by atoms with van der Waals surface area (Å²) in [5.41, 5.74) is 4.80. The quantitative estimate of drug-likeness (QED) is 0.787. The first-order valence-corrected chi connectivity index (χ1v) is 7.91. The van der Waals surface area contributed by atoms with Gasteiger partial charge in [0.25, 0.3) is 0 Å². The first-order chi connectivity index (χ1) is 12.0. The zero-order valence-electron chi connectivity index (χ0n) is 14.7. The minimum atomic E-state index is -0.235. The summed E-state index contributed by atoms with van der Waals surface area (Å²) in [4.78, 5) is 23.0. The number of amides is 2. The van der Waals surface area contributed by atoms with Crippen molar-refractivity contribution in [2.24, 2.45) is 0 Å². The summed E-state index contributed by atoms with van der Waals surface area (Å²) >= 11 is 0. The molecule has 1 aromatic heterocycles. The highest BCUT2D eigenvalue weighted by atomic mass is 16.5. The third kappa shape index (κ3) is 3.52. The van der Waals surface area contributed by atoms with Crippen LogP contribution in [0.4, 0.5) is 16.2 Å². The number of rotatable bonds is 3. The second-order valence-electron chi connectivity index (χ2n) is 5.79. The van der Waals surface area contributed by atoms with Crippen LogP contribution in [0.15, 0.2) is 42.5 Å². The summed E-state index contributed by atoms with van der Waals surface area (Å²) in [6.45, 7) is 3.85. The fourth-order valence-electron chi connectivity index (χ4n) is 2.44. The number of nitrogens with zero attached hydrogens (tertiary/aromatic N) is 3. The normalized spacial score (nSPS) is 10.6. The Balaban J connectivity index is 1.79. The lowest BCUT2D eigenvalue weighted by Gasteiger charge is -2.18. The van der Waals surface area contributed by atoms with Crippen molar-refractivity contribution in [1.29, 1.82) is 0 Å². The molecular formula is C19H20N4O2. The number of hydrogen-bond acceptors (Lipinski definition) is 4. The van der Waals surface area contributed by atoms with Crippen LogP contribution in [0.3, 0.4) is 0 Å². The molecule has 3 aromatic rings. The molecule has 128 valence electrons. The van der Waals surface area contributed by atoms with Gasteiger partial charge in [0.05, 0.1) is 29.5 Å². The standard InChI is InChI=1S/C19H20N4O2/c1-12-13(2)21-18-11-14(5-10-17(18)20-12)22-19(24)23(3)15-6-8-16(25-4)9-7-15/h5-11H,1-4H3,(H,22,24). The van der Waals surface area contributed by atoms with E-state index in [-0.39, 0.29) is 6.03 Å². The fraction of sp³-hybridized carbons (Fsp3) is 0.211. The zero-order chi connectivity index (χ0) is 18.0. The van der Waals surface area contributed by atoms with Crippen molar-refractivity contribution in [3.8, 4) is 5.75 Å². The number of ether oxygens (including phenoxy) is 1. The summed E-state index contributed by atoms with van der Waals surface area (Å²) in [5, 5.41) is 2.88. The number of anilines is 2. The first kappa shape index (κ1) is 16.7. The molecule has 0 spiro atoms. The molecule has 0 fully saturated rings. The lowest BCUT2D eigenvalue weighted by molar-refractivity contribution is 0.258. The van der Waals surface area contributed by atoms with E-state index in [0.29, 0.717) is 5.69 Å². The third-order valence-corrected chi connectivity index (χ3v) is 4.09. The molecule has 0 saturated carbocycles. The molecule has 0 aliphatic carbocycles. The molecule has 0 aliphatic heterocycles. The second-order valence-corrected chi connectivity index (χ2v) is 5.79. The number of aryl methyl sites for hydroxylation is 2. The van der Waals surface area contributed by atoms with Gasteiger partial charge in [-0.05, 0) is 56.3 Å². The van der Waals surface area contributed by atoms with E-state index in [1.54, 1.807) is 14.2 Å². The average molecular weight is 336 g/mol. The van der Waals surface area contributed by atoms with E-state index in [4.69, 9.17) is 4.74 Å². The van der Waals surface area contributed by atoms with Gasteiger partial charge in [0.15, 0.2) is 0 Å². The highest BCUT2D eigenvalue weighted by Gasteiger charge is 2.12. The number of hydrogen-bond donors (Lipinski definition) is 1. The Morgan fingerprint density at radius 3 is 2.28 bits per heavy atom. The van der Waals surface area contributed by atoms with Crippen LogP contribution in [-0.4, -0.2) is 30.2 Å². The van der Waals surface area contributed by atoms with Crippen LogP contribution in [0.5, 0.6) is 5.75 Å². The molecule has 1 N–H and O–H groups in total. The van der Waals surface area contributed by atoms with Gasteiger partial charge in [0.1, 0.15) is 5.75 Å². The Morgan fingerprint density at radius 1 is 1.00 bits per heavy atom. The minimum absolute atomic E-state index is 0.235. The maximum atomic E-state index is 12.5. The van der Waals surface area contributed by atoms with Crippen LogP contribution < -0.4 is 15.0 Å². The highest BCUT2D eigenvalue weighted by molar-refractivity contribution is 6.02. The fourth-order valence-corrected chi connectivity index (χ4v) is 2.44. The van der Waals surface area contributed by atoms with Gasteiger partial charge in [-0.3, -0.25) is 4.90 Å². The van der Waals surface area contributed by atoms with Gasteiger partial charge in [-0.2, -0.15) is 0 Å². The van der Waals surface area contributed by atoms with Crippen LogP contribution >= 0.6 is 0 Å². The van der Waals surface area contributed by atoms with Crippen molar-refractivity contribution in [1.82, 2.24) is 9.97 Å². The van der Waals surface area contributed by atoms with Gasteiger partial charge in [0, 0.05) is 18.4 Å². The minimum Gasteiger partial charge on any atom is -0.497 e. The third-order valence-electron chi connectivity index (χ3n) is 4.09. The molecule has 1 heterocycles. The lowest BCUT2D eigenvalue weighted by atomic mass is 10.2. The number of urea groups is 1. The van der Waals surface area contributed by atoms with Gasteiger partial charge in [-0.15, -0.1) is 0 Å². The van der Waals surface area contributed by atoms with Gasteiger partial charge in [-0.1, -0.05) is 0 Å². The molecule has 6 nitrogen and oxygen atoms in total. The SMILES string of the molecule is COc1ccc(N(C)C(=O)Nc2ccc3nc(C)c(C)nc3c2)cc1. The molecule has 3 rings (SSSR count). The Morgan fingerprint density at radius 2 is 1.64 bits per heavy atom. The summed E-state index contributed by atoms with van der Waals surface area (Å²) in [6, 6.07) is 12.6. The van der Waals surface area contributed by atoms with Crippen molar-refractivity contribution in [2.75, 3.05) is 24.4 Å². The van der Waals surface area contributed by atoms with Gasteiger partial charge in [0.2, 0.25) is 0 Å². The lowest BCUT2D eigenvalue weighted by Crippen LogP contribution is -2.31. The smallest absolute Gasteiger partial charge is 0.326 e. The first-order valence-electron chi connectivity index (χ1n) is 7.91. The maximum Gasteiger partial charge on any atom is 0.326 e. The van der Waals surface area contributed by atoms with Gasteiger partial charge < -0.3 is 10.1 Å². The van der Waals surface area contributed by atoms with Gasteiger partial charge >= 0.3 is 6.03 Å². The molecule has 0 bridgehead atoms. The maximum absolute atomic E-state index is 12.5. The van der Waals surface area contributed by atoms with Crippen LogP contribution in [0.1, 0.15) is 11.4 Å². The van der Waals surface area contributed by atoms with Crippen molar-refractivity contribution in [2.45, 2.75) is 13.8 Å². The molecule has 2 amide bonds. The largest absolute Gasteiger partial charge is 0.497 e. The molecule has 2 aromatic carbocycles.